The van der Waals surface area contributed by atoms with Crippen molar-refractivity contribution in [3.8, 4) is 0 Å². The van der Waals surface area contributed by atoms with E-state index < -0.39 is 21.7 Å². The number of aromatic nitrogens is 4. The molecule has 0 saturated heterocycles. The maximum absolute atomic E-state index is 13.4. The van der Waals surface area contributed by atoms with Crippen molar-refractivity contribution in [2.45, 2.75) is 0 Å². The predicted molar refractivity (Wildman–Crippen MR) is 187 cm³/mol. The summed E-state index contributed by atoms with van der Waals surface area (Å²) in [5.74, 6) is 0. The molecule has 0 fully saturated rings. The second-order valence-corrected chi connectivity index (χ2v) is 13.5. The molecule has 3 heterocycles. The molecule has 0 radical (unpaired) electrons. The molecule has 0 saturated carbocycles. The van der Waals surface area contributed by atoms with Gasteiger partial charge < -0.3 is 0 Å². The lowest BCUT2D eigenvalue weighted by atomic mass is 10.1. The Hall–Kier alpha value is -5.76. The van der Waals surface area contributed by atoms with Crippen LogP contribution in [0.5, 0.6) is 0 Å². The minimum atomic E-state index is -0.448. The van der Waals surface area contributed by atoms with E-state index in [0.29, 0.717) is 53.0 Å². The summed E-state index contributed by atoms with van der Waals surface area (Å²) >= 11 is 3.37. The molecular formula is C34H12N6O4S3. The van der Waals surface area contributed by atoms with Gasteiger partial charge in [-0.1, -0.05) is 71.2 Å². The van der Waals surface area contributed by atoms with Gasteiger partial charge in [0.2, 0.25) is 32.0 Å². The maximum Gasteiger partial charge on any atom is 0.216 e. The van der Waals surface area contributed by atoms with Gasteiger partial charge in [-0.05, 0) is 45.8 Å². The highest BCUT2D eigenvalue weighted by atomic mass is 32.1. The van der Waals surface area contributed by atoms with Gasteiger partial charge in [0.15, 0.2) is 10.7 Å². The normalized spacial score (nSPS) is 12.2. The van der Waals surface area contributed by atoms with E-state index in [-0.39, 0.29) is 21.0 Å². The van der Waals surface area contributed by atoms with Crippen molar-refractivity contribution >= 4 is 119 Å². The fraction of sp³-hybridized carbons (Fsp3) is 0. The summed E-state index contributed by atoms with van der Waals surface area (Å²) in [6, 6.07) is 22.0. The Labute approximate surface area is 271 Å². The molecule has 220 valence electrons. The van der Waals surface area contributed by atoms with Crippen LogP contribution in [0.25, 0.3) is 74.6 Å². The Morgan fingerprint density at radius 2 is 0.809 bits per heavy atom. The maximum atomic E-state index is 13.4. The Morgan fingerprint density at radius 3 is 1.15 bits per heavy atom. The van der Waals surface area contributed by atoms with E-state index in [0.717, 1.165) is 33.3 Å². The van der Waals surface area contributed by atoms with Crippen LogP contribution in [0.2, 0.25) is 0 Å². The monoisotopic (exact) mass is 664 g/mol. The Kier molecular flexibility index (Phi) is 5.28. The van der Waals surface area contributed by atoms with Crippen LogP contribution >= 0.6 is 34.4 Å². The standard InChI is InChI=1S/C34H12N6O4S3/c41-27-17-9-13-5-1-2-6-14(13)10-18(17)28(42)25(27)37-33-35-23-21-22(40-47-39-21)24-32(31(23)45-33)46-34(36-24)38-26-29(43)19-11-15-7-3-4-8-16(15)12-20(19)30(26)44/h1-12H. The zero-order chi connectivity index (χ0) is 31.6. The Balaban J connectivity index is 1.19. The van der Waals surface area contributed by atoms with Gasteiger partial charge in [-0.25, -0.2) is 20.0 Å². The van der Waals surface area contributed by atoms with Crippen molar-refractivity contribution in [3.05, 3.63) is 124 Å². The predicted octanol–water partition coefficient (Wildman–Crippen LogP) is 5.18. The van der Waals surface area contributed by atoms with Gasteiger partial charge in [0, 0.05) is 21.5 Å². The largest absolute Gasteiger partial charge is 0.287 e. The highest BCUT2D eigenvalue weighted by molar-refractivity contribution is 7.30. The molecule has 0 spiro atoms. The SMILES string of the molecule is O=c1c(=Nc2nc3c4nsnc4c4nc(N=c5c(=O)c6cc7ccccc7cc6c5=O)sc4c3s2)c(=O)c2cc3ccccc3cc12. The lowest BCUT2D eigenvalue weighted by Gasteiger charge is -1.96. The van der Waals surface area contributed by atoms with Gasteiger partial charge in [-0.15, -0.1) is 0 Å². The molecule has 0 aliphatic rings. The number of fused-ring (bicyclic) bond motifs is 10. The molecule has 0 atom stereocenters. The Morgan fingerprint density at radius 1 is 0.468 bits per heavy atom. The highest BCUT2D eigenvalue weighted by Gasteiger charge is 2.22. The zero-order valence-corrected chi connectivity index (χ0v) is 25.9. The van der Waals surface area contributed by atoms with Crippen LogP contribution in [0.4, 0.5) is 10.3 Å². The van der Waals surface area contributed by atoms with E-state index >= 15 is 0 Å². The van der Waals surface area contributed by atoms with Crippen molar-refractivity contribution < 1.29 is 0 Å². The van der Waals surface area contributed by atoms with Gasteiger partial charge in [0.25, 0.3) is 0 Å². The van der Waals surface area contributed by atoms with Gasteiger partial charge in [0.05, 0.1) is 21.1 Å². The average molecular weight is 665 g/mol. The summed E-state index contributed by atoms with van der Waals surface area (Å²) in [6.07, 6.45) is 0. The molecule has 10 nitrogen and oxygen atoms in total. The second-order valence-electron chi connectivity index (χ2n) is 11.0. The van der Waals surface area contributed by atoms with Crippen LogP contribution in [-0.2, 0) is 0 Å². The first-order valence-electron chi connectivity index (χ1n) is 14.2. The molecule has 0 aliphatic heterocycles. The third-order valence-electron chi connectivity index (χ3n) is 8.40. The summed E-state index contributed by atoms with van der Waals surface area (Å²) in [4.78, 5) is 71.7. The molecule has 0 unspecified atom stereocenters. The van der Waals surface area contributed by atoms with Crippen molar-refractivity contribution in [1.82, 2.24) is 18.7 Å². The minimum absolute atomic E-state index is 0.194. The van der Waals surface area contributed by atoms with Crippen LogP contribution < -0.4 is 32.4 Å². The second kappa shape index (κ2) is 9.39. The lowest BCUT2D eigenvalue weighted by molar-refractivity contribution is 1.28. The topological polar surface area (TPSA) is 145 Å². The van der Waals surface area contributed by atoms with Crippen LogP contribution in [0, 0.1) is 0 Å². The first-order valence-corrected chi connectivity index (χ1v) is 16.6. The van der Waals surface area contributed by atoms with E-state index in [1.807, 2.05) is 48.5 Å². The zero-order valence-electron chi connectivity index (χ0n) is 23.5. The van der Waals surface area contributed by atoms with Gasteiger partial charge in [-0.3, -0.25) is 19.2 Å². The van der Waals surface area contributed by atoms with E-state index in [9.17, 15) is 19.2 Å². The van der Waals surface area contributed by atoms with Crippen LogP contribution in [-0.4, -0.2) is 18.7 Å². The molecule has 47 heavy (non-hydrogen) atoms. The molecule has 13 heteroatoms. The third-order valence-corrected chi connectivity index (χ3v) is 11.0. The summed E-state index contributed by atoms with van der Waals surface area (Å²) in [5, 5.41) is 4.74. The summed E-state index contributed by atoms with van der Waals surface area (Å²) in [7, 11) is 0. The molecule has 0 bridgehead atoms. The van der Waals surface area contributed by atoms with Crippen molar-refractivity contribution in [2.75, 3.05) is 0 Å². The van der Waals surface area contributed by atoms with Gasteiger partial charge in [0.1, 0.15) is 22.1 Å². The molecular weight excluding hydrogens is 653 g/mol. The molecule has 0 aliphatic carbocycles. The van der Waals surface area contributed by atoms with E-state index in [2.05, 4.69) is 28.7 Å². The highest BCUT2D eigenvalue weighted by Crippen LogP contribution is 2.43. The van der Waals surface area contributed by atoms with E-state index in [1.165, 1.54) is 22.7 Å². The van der Waals surface area contributed by atoms with Crippen molar-refractivity contribution in [2.24, 2.45) is 9.98 Å². The average Bonchev–Trinajstić information content (AvgIpc) is 3.90. The summed E-state index contributed by atoms with van der Waals surface area (Å²) in [6.45, 7) is 0. The number of rotatable bonds is 2. The number of hydrogen-bond acceptors (Lipinski definition) is 13. The first kappa shape index (κ1) is 26.5. The van der Waals surface area contributed by atoms with Gasteiger partial charge >= 0.3 is 0 Å². The van der Waals surface area contributed by atoms with Crippen molar-refractivity contribution in [3.63, 3.8) is 0 Å². The van der Waals surface area contributed by atoms with Gasteiger partial charge in [-0.2, -0.15) is 8.75 Å². The number of thiazole rings is 2. The molecule has 7 aromatic carbocycles. The van der Waals surface area contributed by atoms with Crippen LogP contribution in [0.1, 0.15) is 0 Å². The molecule has 10 rings (SSSR count). The lowest BCUT2D eigenvalue weighted by Crippen LogP contribution is -2.31. The summed E-state index contributed by atoms with van der Waals surface area (Å²) in [5.41, 5.74) is 0.203. The fourth-order valence-corrected chi connectivity index (χ4v) is 8.75. The van der Waals surface area contributed by atoms with E-state index in [1.54, 1.807) is 24.3 Å². The van der Waals surface area contributed by atoms with E-state index in [4.69, 9.17) is 0 Å². The molecule has 0 N–H and O–H groups in total. The summed E-state index contributed by atoms with van der Waals surface area (Å²) < 4.78 is 10.2. The molecule has 0 amide bonds. The quantitative estimate of drug-likeness (QED) is 0.246. The first-order chi connectivity index (χ1) is 22.9. The number of nitrogens with zero attached hydrogens (tertiary/aromatic N) is 6. The van der Waals surface area contributed by atoms with Crippen LogP contribution in [0.15, 0.2) is 102 Å². The number of benzene rings is 5. The fourth-order valence-electron chi connectivity index (χ4n) is 6.18. The Bertz CT molecular complexity index is 3000. The van der Waals surface area contributed by atoms with Crippen LogP contribution in [0.3, 0.4) is 0 Å². The van der Waals surface area contributed by atoms with Crippen molar-refractivity contribution in [1.29, 1.82) is 0 Å². The molecule has 3 aromatic heterocycles. The molecule has 10 aromatic rings. The minimum Gasteiger partial charge on any atom is -0.287 e. The third kappa shape index (κ3) is 3.69. The smallest absolute Gasteiger partial charge is 0.216 e. The number of hydrogen-bond donors (Lipinski definition) is 0.